The van der Waals surface area contributed by atoms with Gasteiger partial charge in [0.25, 0.3) is 0 Å². The number of guanidine groups is 1. The van der Waals surface area contributed by atoms with Gasteiger partial charge in [0.15, 0.2) is 5.96 Å². The highest BCUT2D eigenvalue weighted by atomic mass is 19.4. The zero-order chi connectivity index (χ0) is 31.4. The summed E-state index contributed by atoms with van der Waals surface area (Å²) in [5.74, 6) is 0.600. The molecule has 0 spiro atoms. The molecule has 44 heavy (non-hydrogen) atoms. The van der Waals surface area contributed by atoms with Gasteiger partial charge in [-0.25, -0.2) is 0 Å². The summed E-state index contributed by atoms with van der Waals surface area (Å²) in [6, 6.07) is -1.90. The molecule has 6 N–H and O–H groups in total. The quantitative estimate of drug-likeness (QED) is 0.222. The third-order valence-corrected chi connectivity index (χ3v) is 10.7. The maximum atomic E-state index is 13.7. The van der Waals surface area contributed by atoms with Gasteiger partial charge in [0, 0.05) is 44.9 Å². The molecular formula is C28H47F6N9O. The Morgan fingerprint density at radius 1 is 0.886 bits per heavy atom. The number of rotatable bonds is 8. The summed E-state index contributed by atoms with van der Waals surface area (Å²) in [5, 5.41) is 25.8. The van der Waals surface area contributed by atoms with Crippen LogP contribution < -0.4 is 26.6 Å². The molecule has 10 nitrogen and oxygen atoms in total. The molecule has 2 saturated carbocycles. The first-order valence-corrected chi connectivity index (χ1v) is 16.1. The highest BCUT2D eigenvalue weighted by Crippen LogP contribution is 2.41. The lowest BCUT2D eigenvalue weighted by Gasteiger charge is -2.48. The Morgan fingerprint density at radius 2 is 1.59 bits per heavy atom. The lowest BCUT2D eigenvalue weighted by atomic mass is 9.80. The maximum absolute atomic E-state index is 13.7. The topological polar surface area (TPSA) is 103 Å². The zero-order valence-corrected chi connectivity index (χ0v) is 25.4. The third kappa shape index (κ3) is 6.81. The van der Waals surface area contributed by atoms with Crippen LogP contribution in [0.25, 0.3) is 0 Å². The van der Waals surface area contributed by atoms with E-state index in [1.165, 1.54) is 0 Å². The molecule has 252 valence electrons. The summed E-state index contributed by atoms with van der Waals surface area (Å²) in [7, 11) is 1.72. The minimum Gasteiger partial charge on any atom is -0.363 e. The van der Waals surface area contributed by atoms with Crippen LogP contribution in [0, 0.1) is 29.1 Å². The summed E-state index contributed by atoms with van der Waals surface area (Å²) in [5.41, 5.74) is 0. The molecule has 6 aliphatic rings. The van der Waals surface area contributed by atoms with E-state index in [9.17, 15) is 26.3 Å². The Hall–Kier alpha value is -1.43. The van der Waals surface area contributed by atoms with Crippen LogP contribution >= 0.6 is 0 Å². The van der Waals surface area contributed by atoms with Crippen molar-refractivity contribution in [2.75, 3.05) is 46.5 Å². The predicted octanol–water partition coefficient (Wildman–Crippen LogP) is 1.82. The monoisotopic (exact) mass is 639 g/mol. The number of fused-ring (bicyclic) bond motifs is 1. The standard InChI is InChI=1S/C28H47F6N9O/c1-3-44-25-20(21(16-8-9-16)37-14-38-25)22-36-10-18-24(40-22)42(26(35)43(18)13-27(29,30)31)11-15-4-6-17(7-5-15)23-39-19(12-41(23)2)28(32,33)34/h15-25,35-40H,3-14H2,1-2H3. The van der Waals surface area contributed by atoms with E-state index in [1.54, 1.807) is 16.8 Å². The van der Waals surface area contributed by atoms with Crippen LogP contribution in [0.1, 0.15) is 45.4 Å². The van der Waals surface area contributed by atoms with Crippen molar-refractivity contribution in [1.82, 2.24) is 41.3 Å². The second-order valence-corrected chi connectivity index (χ2v) is 13.6. The summed E-state index contributed by atoms with van der Waals surface area (Å²) < 4.78 is 87.1. The molecule has 0 bridgehead atoms. The molecule has 8 atom stereocenters. The average Bonchev–Trinajstić information content (AvgIpc) is 3.69. The van der Waals surface area contributed by atoms with Gasteiger partial charge in [0.1, 0.15) is 25.0 Å². The van der Waals surface area contributed by atoms with Gasteiger partial charge in [-0.1, -0.05) is 0 Å². The summed E-state index contributed by atoms with van der Waals surface area (Å²) in [4.78, 5) is 4.72. The fourth-order valence-corrected chi connectivity index (χ4v) is 8.43. The largest absolute Gasteiger partial charge is 0.406 e. The van der Waals surface area contributed by atoms with Crippen LogP contribution in [0.4, 0.5) is 26.3 Å². The average molecular weight is 640 g/mol. The van der Waals surface area contributed by atoms with Crippen molar-refractivity contribution in [3.8, 4) is 0 Å². The fourth-order valence-electron chi connectivity index (χ4n) is 8.43. The lowest BCUT2D eigenvalue weighted by Crippen LogP contribution is -2.73. The Balaban J connectivity index is 1.14. The molecule has 4 aliphatic heterocycles. The first-order chi connectivity index (χ1) is 20.8. The molecule has 4 saturated heterocycles. The van der Waals surface area contributed by atoms with E-state index in [0.29, 0.717) is 32.3 Å². The van der Waals surface area contributed by atoms with Gasteiger partial charge < -0.3 is 19.9 Å². The molecule has 8 unspecified atom stereocenters. The molecule has 0 aromatic rings. The number of hydrogen-bond acceptors (Lipinski definition) is 8. The molecule has 0 radical (unpaired) electrons. The normalized spacial score (nSPS) is 41.0. The van der Waals surface area contributed by atoms with Gasteiger partial charge in [0.2, 0.25) is 0 Å². The van der Waals surface area contributed by atoms with Crippen LogP contribution in [-0.4, -0.2) is 122 Å². The van der Waals surface area contributed by atoms with Crippen molar-refractivity contribution < 1.29 is 31.1 Å². The maximum Gasteiger partial charge on any atom is 0.406 e. The molecule has 2 aliphatic carbocycles. The van der Waals surface area contributed by atoms with Crippen molar-refractivity contribution in [1.29, 1.82) is 5.41 Å². The van der Waals surface area contributed by atoms with Crippen LogP contribution in [-0.2, 0) is 4.74 Å². The van der Waals surface area contributed by atoms with Gasteiger partial charge in [0.05, 0.1) is 18.4 Å². The van der Waals surface area contributed by atoms with E-state index in [0.717, 1.165) is 43.4 Å². The first-order valence-electron chi connectivity index (χ1n) is 16.1. The second-order valence-electron chi connectivity index (χ2n) is 13.6. The number of likely N-dealkylation sites (N-methyl/N-ethyl adjacent to an activating group) is 1. The Bertz CT molecular complexity index is 1010. The van der Waals surface area contributed by atoms with E-state index in [4.69, 9.17) is 10.1 Å². The van der Waals surface area contributed by atoms with E-state index < -0.39 is 37.1 Å². The smallest absolute Gasteiger partial charge is 0.363 e. The van der Waals surface area contributed by atoms with E-state index in [2.05, 4.69) is 26.6 Å². The van der Waals surface area contributed by atoms with Gasteiger partial charge in [-0.15, -0.1) is 0 Å². The van der Waals surface area contributed by atoms with Gasteiger partial charge in [-0.2, -0.15) is 26.3 Å². The third-order valence-electron chi connectivity index (χ3n) is 10.7. The van der Waals surface area contributed by atoms with Gasteiger partial charge >= 0.3 is 12.4 Å². The van der Waals surface area contributed by atoms with Crippen LogP contribution in [0.15, 0.2) is 0 Å². The molecule has 6 fully saturated rings. The molecular weight excluding hydrogens is 592 g/mol. The number of ether oxygens (including phenoxy) is 1. The minimum atomic E-state index is -4.45. The molecule has 0 amide bonds. The molecule has 4 heterocycles. The minimum absolute atomic E-state index is 0.00304. The summed E-state index contributed by atoms with van der Waals surface area (Å²) in [6.45, 7) is 2.58. The van der Waals surface area contributed by atoms with E-state index in [-0.39, 0.29) is 54.9 Å². The summed E-state index contributed by atoms with van der Waals surface area (Å²) in [6.07, 6.45) is -4.79. The van der Waals surface area contributed by atoms with Gasteiger partial charge in [-0.05, 0) is 70.3 Å². The number of hydrogen-bond donors (Lipinski definition) is 6. The number of alkyl halides is 6. The number of nitrogens with zero attached hydrogens (tertiary/aromatic N) is 3. The SMILES string of the molecule is CCOC1NCNC(C2CC2)C1C1NCC2C(N1)N(CC1CCC(C3NC(C(F)(F)F)CN3C)CC1)C(=N)N2CC(F)(F)F. The number of halogens is 6. The summed E-state index contributed by atoms with van der Waals surface area (Å²) >= 11 is 0. The van der Waals surface area contributed by atoms with E-state index >= 15 is 0 Å². The van der Waals surface area contributed by atoms with Crippen LogP contribution in [0.3, 0.4) is 0 Å². The van der Waals surface area contributed by atoms with Crippen LogP contribution in [0.5, 0.6) is 0 Å². The second kappa shape index (κ2) is 12.6. The highest BCUT2D eigenvalue weighted by Gasteiger charge is 2.54. The molecule has 6 rings (SSSR count). The Morgan fingerprint density at radius 3 is 2.20 bits per heavy atom. The zero-order valence-electron chi connectivity index (χ0n) is 25.4. The highest BCUT2D eigenvalue weighted by molar-refractivity contribution is 5.80. The number of nitrogens with one attached hydrogen (secondary N) is 6. The van der Waals surface area contributed by atoms with E-state index in [1.807, 2.05) is 6.92 Å². The van der Waals surface area contributed by atoms with Crippen molar-refractivity contribution in [3.05, 3.63) is 0 Å². The first kappa shape index (κ1) is 32.5. The van der Waals surface area contributed by atoms with Crippen LogP contribution in [0.2, 0.25) is 0 Å². The Kier molecular flexibility index (Phi) is 9.34. The Labute approximate surface area is 254 Å². The predicted molar refractivity (Wildman–Crippen MR) is 151 cm³/mol. The molecule has 0 aromatic heterocycles. The lowest BCUT2D eigenvalue weighted by molar-refractivity contribution is -0.150. The van der Waals surface area contributed by atoms with Crippen molar-refractivity contribution in [2.45, 2.75) is 101 Å². The van der Waals surface area contributed by atoms with Gasteiger partial charge in [-0.3, -0.25) is 31.6 Å². The van der Waals surface area contributed by atoms with Crippen molar-refractivity contribution >= 4 is 5.96 Å². The van der Waals surface area contributed by atoms with Crippen molar-refractivity contribution in [3.63, 3.8) is 0 Å². The fraction of sp³-hybridized carbons (Fsp3) is 0.964. The molecule has 16 heteroatoms. The van der Waals surface area contributed by atoms with Crippen molar-refractivity contribution in [2.24, 2.45) is 23.7 Å². The molecule has 0 aromatic carbocycles.